The van der Waals surface area contributed by atoms with Gasteiger partial charge in [-0.25, -0.2) is 4.79 Å². The van der Waals surface area contributed by atoms with Crippen LogP contribution in [0.15, 0.2) is 48.5 Å². The molecule has 0 aromatic heterocycles. The molecule has 0 bridgehead atoms. The van der Waals surface area contributed by atoms with Gasteiger partial charge in [0.05, 0.1) is 12.5 Å². The molecule has 5 N–H and O–H groups in total. The number of urea groups is 1. The van der Waals surface area contributed by atoms with Crippen LogP contribution >= 0.6 is 11.6 Å². The molecule has 0 saturated carbocycles. The monoisotopic (exact) mass is 388 g/mol. The normalized spacial score (nSPS) is 11.3. The number of halogens is 1. The molecule has 0 fully saturated rings. The number of nitrogens with one attached hydrogen (secondary N) is 3. The Morgan fingerprint density at radius 1 is 1.07 bits per heavy atom. The number of amides is 4. The first-order valence-corrected chi connectivity index (χ1v) is 8.66. The van der Waals surface area contributed by atoms with Gasteiger partial charge in [0.1, 0.15) is 0 Å². The van der Waals surface area contributed by atoms with Crippen LogP contribution in [-0.4, -0.2) is 17.8 Å². The Bertz CT molecular complexity index is 824. The summed E-state index contributed by atoms with van der Waals surface area (Å²) in [7, 11) is 0. The maximum absolute atomic E-state index is 12.3. The fraction of sp³-hybridized carbons (Fsp3) is 0.211. The summed E-state index contributed by atoms with van der Waals surface area (Å²) in [5, 5.41) is 8.45. The summed E-state index contributed by atoms with van der Waals surface area (Å²) in [4.78, 5) is 34.6. The van der Waals surface area contributed by atoms with Gasteiger partial charge < -0.3 is 21.7 Å². The number of rotatable bonds is 7. The van der Waals surface area contributed by atoms with Crippen LogP contribution in [0.3, 0.4) is 0 Å². The van der Waals surface area contributed by atoms with Crippen LogP contribution in [0.2, 0.25) is 5.02 Å². The number of carbonyl (C=O) groups is 3. The zero-order valence-electron chi connectivity index (χ0n) is 14.8. The third-order valence-corrected chi connectivity index (χ3v) is 4.09. The highest BCUT2D eigenvalue weighted by atomic mass is 35.5. The maximum Gasteiger partial charge on any atom is 0.312 e. The summed E-state index contributed by atoms with van der Waals surface area (Å²) >= 11 is 6.16. The fourth-order valence-corrected chi connectivity index (χ4v) is 2.80. The lowest BCUT2D eigenvalue weighted by Gasteiger charge is -2.19. The number of hydrogen-bond donors (Lipinski definition) is 4. The van der Waals surface area contributed by atoms with Gasteiger partial charge in [0.25, 0.3) is 0 Å². The lowest BCUT2D eigenvalue weighted by atomic mass is 10.0. The molecule has 0 radical (unpaired) electrons. The van der Waals surface area contributed by atoms with E-state index < -0.39 is 12.1 Å². The highest BCUT2D eigenvalue weighted by Gasteiger charge is 2.19. The average Bonchev–Trinajstić information content (AvgIpc) is 2.60. The highest BCUT2D eigenvalue weighted by molar-refractivity contribution is 6.31. The van der Waals surface area contributed by atoms with Crippen molar-refractivity contribution in [1.82, 2.24) is 10.6 Å². The summed E-state index contributed by atoms with van der Waals surface area (Å²) < 4.78 is 0. The number of carbonyl (C=O) groups excluding carboxylic acids is 3. The second-order valence-corrected chi connectivity index (χ2v) is 6.35. The standard InChI is InChI=1S/C19H21ClN4O3/c1-12(25)23-14-8-6-13(7-9-14)11-22-18(26)10-17(24-19(21)27)15-4-2-3-5-16(15)20/h2-9,17H,10-11H2,1H3,(H,22,26)(H,23,25)(H3,21,24,27)/t17-/m0/s1. The number of nitrogens with two attached hydrogens (primary N) is 1. The molecule has 0 unspecified atom stereocenters. The van der Waals surface area contributed by atoms with Crippen molar-refractivity contribution in [3.05, 3.63) is 64.7 Å². The van der Waals surface area contributed by atoms with Gasteiger partial charge in [-0.15, -0.1) is 0 Å². The van der Waals surface area contributed by atoms with Crippen LogP contribution in [0.4, 0.5) is 10.5 Å². The molecule has 0 aliphatic carbocycles. The molecule has 0 aliphatic rings. The van der Waals surface area contributed by atoms with Crippen LogP contribution < -0.4 is 21.7 Å². The number of hydrogen-bond acceptors (Lipinski definition) is 3. The zero-order valence-corrected chi connectivity index (χ0v) is 15.5. The van der Waals surface area contributed by atoms with E-state index in [9.17, 15) is 14.4 Å². The average molecular weight is 389 g/mol. The van der Waals surface area contributed by atoms with Crippen molar-refractivity contribution in [2.75, 3.05) is 5.32 Å². The Kier molecular flexibility index (Phi) is 7.19. The summed E-state index contributed by atoms with van der Waals surface area (Å²) in [5.41, 5.74) is 7.39. The number of benzene rings is 2. The molecule has 2 rings (SSSR count). The van der Waals surface area contributed by atoms with Crippen LogP contribution in [0.1, 0.15) is 30.5 Å². The topological polar surface area (TPSA) is 113 Å². The molecule has 0 saturated heterocycles. The van der Waals surface area contributed by atoms with Crippen molar-refractivity contribution in [2.24, 2.45) is 5.73 Å². The van der Waals surface area contributed by atoms with E-state index in [1.165, 1.54) is 6.92 Å². The molecular formula is C19H21ClN4O3. The minimum atomic E-state index is -0.735. The Hall–Kier alpha value is -3.06. The quantitative estimate of drug-likeness (QED) is 0.584. The van der Waals surface area contributed by atoms with Gasteiger partial charge in [-0.3, -0.25) is 9.59 Å². The minimum Gasteiger partial charge on any atom is -0.352 e. The van der Waals surface area contributed by atoms with Crippen LogP contribution in [0.25, 0.3) is 0 Å². The largest absolute Gasteiger partial charge is 0.352 e. The summed E-state index contributed by atoms with van der Waals surface area (Å²) in [6, 6.07) is 12.7. The van der Waals surface area contributed by atoms with Crippen LogP contribution in [0, 0.1) is 0 Å². The Morgan fingerprint density at radius 3 is 2.33 bits per heavy atom. The van der Waals surface area contributed by atoms with Crippen molar-refractivity contribution < 1.29 is 14.4 Å². The van der Waals surface area contributed by atoms with E-state index in [2.05, 4.69) is 16.0 Å². The van der Waals surface area contributed by atoms with Crippen molar-refractivity contribution in [2.45, 2.75) is 25.9 Å². The van der Waals surface area contributed by atoms with Gasteiger partial charge in [0.15, 0.2) is 0 Å². The van der Waals surface area contributed by atoms with Gasteiger partial charge in [0.2, 0.25) is 11.8 Å². The predicted octanol–water partition coefficient (Wildman–Crippen LogP) is 2.71. The molecule has 1 atom stereocenters. The lowest BCUT2D eigenvalue weighted by molar-refractivity contribution is -0.121. The van der Waals surface area contributed by atoms with E-state index in [0.717, 1.165) is 5.56 Å². The first-order valence-electron chi connectivity index (χ1n) is 8.29. The molecule has 2 aromatic carbocycles. The van der Waals surface area contributed by atoms with Gasteiger partial charge in [-0.1, -0.05) is 41.9 Å². The van der Waals surface area contributed by atoms with Gasteiger partial charge in [-0.05, 0) is 29.3 Å². The summed E-state index contributed by atoms with van der Waals surface area (Å²) in [6.07, 6.45) is -0.00332. The van der Waals surface area contributed by atoms with Crippen molar-refractivity contribution in [3.8, 4) is 0 Å². The highest BCUT2D eigenvalue weighted by Crippen LogP contribution is 2.25. The van der Waals surface area contributed by atoms with Gasteiger partial charge in [0, 0.05) is 24.2 Å². The van der Waals surface area contributed by atoms with Crippen LogP contribution in [-0.2, 0) is 16.1 Å². The summed E-state index contributed by atoms with van der Waals surface area (Å²) in [6.45, 7) is 1.74. The third kappa shape index (κ3) is 6.63. The molecule has 2 aromatic rings. The Balaban J connectivity index is 1.96. The van der Waals surface area contributed by atoms with Gasteiger partial charge >= 0.3 is 6.03 Å². The second kappa shape index (κ2) is 9.59. The lowest BCUT2D eigenvalue weighted by Crippen LogP contribution is -2.36. The second-order valence-electron chi connectivity index (χ2n) is 5.94. The van der Waals surface area contributed by atoms with Crippen molar-refractivity contribution in [3.63, 3.8) is 0 Å². The van der Waals surface area contributed by atoms with E-state index in [-0.39, 0.29) is 18.2 Å². The number of anilines is 1. The van der Waals surface area contributed by atoms with E-state index in [4.69, 9.17) is 17.3 Å². The Labute approximate surface area is 162 Å². The van der Waals surface area contributed by atoms with Crippen molar-refractivity contribution in [1.29, 1.82) is 0 Å². The minimum absolute atomic E-state index is 0.00332. The molecule has 142 valence electrons. The van der Waals surface area contributed by atoms with Crippen molar-refractivity contribution >= 4 is 35.1 Å². The molecule has 7 nitrogen and oxygen atoms in total. The SMILES string of the molecule is CC(=O)Nc1ccc(CNC(=O)C[C@H](NC(N)=O)c2ccccc2Cl)cc1. The van der Waals surface area contributed by atoms with E-state index in [0.29, 0.717) is 22.8 Å². The molecule has 27 heavy (non-hydrogen) atoms. The molecule has 0 spiro atoms. The molecular weight excluding hydrogens is 368 g/mol. The molecule has 8 heteroatoms. The maximum atomic E-state index is 12.3. The van der Waals surface area contributed by atoms with E-state index >= 15 is 0 Å². The van der Waals surface area contributed by atoms with Gasteiger partial charge in [-0.2, -0.15) is 0 Å². The first-order chi connectivity index (χ1) is 12.8. The fourth-order valence-electron chi connectivity index (χ4n) is 2.54. The smallest absolute Gasteiger partial charge is 0.312 e. The Morgan fingerprint density at radius 2 is 1.74 bits per heavy atom. The van der Waals surface area contributed by atoms with E-state index in [1.807, 2.05) is 0 Å². The zero-order chi connectivity index (χ0) is 19.8. The van der Waals surface area contributed by atoms with E-state index in [1.54, 1.807) is 48.5 Å². The molecule has 4 amide bonds. The summed E-state index contributed by atoms with van der Waals surface area (Å²) in [5.74, 6) is -0.414. The number of primary amides is 1. The molecule has 0 aliphatic heterocycles. The molecule has 0 heterocycles. The predicted molar refractivity (Wildman–Crippen MR) is 104 cm³/mol. The third-order valence-electron chi connectivity index (χ3n) is 3.75. The van der Waals surface area contributed by atoms with Crippen LogP contribution in [0.5, 0.6) is 0 Å². The first kappa shape index (κ1) is 20.3.